The molecular weight excluding hydrogens is 446 g/mol. The molecule has 0 spiro atoms. The van der Waals surface area contributed by atoms with Crippen LogP contribution in [0.5, 0.6) is 0 Å². The molecule has 0 radical (unpaired) electrons. The molecule has 34 heavy (non-hydrogen) atoms. The molecule has 5 aromatic rings. The third-order valence-electron chi connectivity index (χ3n) is 6.69. The van der Waals surface area contributed by atoms with Crippen molar-refractivity contribution in [3.8, 4) is 0 Å². The number of hydrogen-bond acceptors (Lipinski definition) is 0. The second-order valence-corrected chi connectivity index (χ2v) is 10.4. The van der Waals surface area contributed by atoms with Crippen LogP contribution >= 0.6 is 18.5 Å². The van der Waals surface area contributed by atoms with E-state index in [4.69, 9.17) is 0 Å². The minimum atomic E-state index is -0.364. The normalized spacial score (nSPS) is 11.8. The van der Waals surface area contributed by atoms with Gasteiger partial charge in [-0.05, 0) is 33.4 Å². The van der Waals surface area contributed by atoms with Crippen LogP contribution in [0.1, 0.15) is 33.4 Å². The van der Waals surface area contributed by atoms with Crippen molar-refractivity contribution in [1.29, 1.82) is 0 Å². The highest BCUT2D eigenvalue weighted by Gasteiger charge is 2.35. The molecule has 0 aliphatic carbocycles. The molecule has 2 atom stereocenters. The summed E-state index contributed by atoms with van der Waals surface area (Å²) in [5, 5.41) is -0.727. The van der Waals surface area contributed by atoms with Crippen molar-refractivity contribution >= 4 is 18.5 Å². The lowest BCUT2D eigenvalue weighted by Crippen LogP contribution is -2.25. The van der Waals surface area contributed by atoms with Crippen LogP contribution in [0.15, 0.2) is 146 Å². The maximum atomic E-state index is 3.17. The van der Waals surface area contributed by atoms with Gasteiger partial charge in [-0.1, -0.05) is 146 Å². The maximum Gasteiger partial charge on any atom is 0.0591 e. The molecule has 2 unspecified atom stereocenters. The van der Waals surface area contributed by atoms with Gasteiger partial charge in [-0.15, -0.1) is 18.5 Å². The van der Waals surface area contributed by atoms with Gasteiger partial charge in [-0.2, -0.15) is 0 Å². The molecule has 166 valence electrons. The first-order valence-electron chi connectivity index (χ1n) is 11.5. The lowest BCUT2D eigenvalue weighted by atomic mass is 9.79. The lowest BCUT2D eigenvalue weighted by molar-refractivity contribution is 0.862. The Morgan fingerprint density at radius 2 is 0.529 bits per heavy atom. The zero-order valence-corrected chi connectivity index (χ0v) is 21.3. The fourth-order valence-corrected chi connectivity index (χ4v) is 5.94. The van der Waals surface area contributed by atoms with E-state index in [1.54, 1.807) is 0 Å². The van der Waals surface area contributed by atoms with Gasteiger partial charge in [-0.25, -0.2) is 0 Å². The predicted molar refractivity (Wildman–Crippen MR) is 151 cm³/mol. The quantitative estimate of drug-likeness (QED) is 0.173. The van der Waals surface area contributed by atoms with E-state index in [1.165, 1.54) is 33.4 Å². The highest BCUT2D eigenvalue weighted by molar-refractivity contribution is 7.19. The van der Waals surface area contributed by atoms with E-state index in [0.717, 1.165) is 0 Å². The SMILES string of the molecule is PC(c1ccccc1)(c1ccccc1)c1cccc(C(P)(c2ccccc2)c2ccccc2)c1. The molecule has 0 saturated heterocycles. The zero-order valence-electron chi connectivity index (χ0n) is 19.0. The highest BCUT2D eigenvalue weighted by atomic mass is 31.0. The first-order valence-corrected chi connectivity index (χ1v) is 12.7. The molecule has 0 nitrogen and oxygen atoms in total. The number of benzene rings is 5. The van der Waals surface area contributed by atoms with Crippen molar-refractivity contribution in [3.63, 3.8) is 0 Å². The molecule has 0 bridgehead atoms. The first-order chi connectivity index (χ1) is 16.6. The van der Waals surface area contributed by atoms with Crippen LogP contribution < -0.4 is 0 Å². The van der Waals surface area contributed by atoms with Gasteiger partial charge >= 0.3 is 0 Å². The highest BCUT2D eigenvalue weighted by Crippen LogP contribution is 2.49. The van der Waals surface area contributed by atoms with E-state index in [-0.39, 0.29) is 10.3 Å². The molecule has 5 rings (SSSR count). The van der Waals surface area contributed by atoms with Crippen molar-refractivity contribution in [2.45, 2.75) is 10.3 Å². The maximum absolute atomic E-state index is 3.17. The average molecular weight is 475 g/mol. The van der Waals surface area contributed by atoms with E-state index < -0.39 is 0 Å². The minimum absolute atomic E-state index is 0.364. The number of rotatable bonds is 6. The summed E-state index contributed by atoms with van der Waals surface area (Å²) in [6.45, 7) is 0. The lowest BCUT2D eigenvalue weighted by Gasteiger charge is -2.35. The Morgan fingerprint density at radius 3 is 0.794 bits per heavy atom. The van der Waals surface area contributed by atoms with Crippen molar-refractivity contribution in [2.24, 2.45) is 0 Å². The molecule has 0 heterocycles. The van der Waals surface area contributed by atoms with Gasteiger partial charge in [0, 0.05) is 0 Å². The third-order valence-corrected chi connectivity index (χ3v) is 8.69. The minimum Gasteiger partial charge on any atom is -0.117 e. The van der Waals surface area contributed by atoms with Crippen molar-refractivity contribution in [2.75, 3.05) is 0 Å². The number of hydrogen-bond donors (Lipinski definition) is 0. The van der Waals surface area contributed by atoms with E-state index in [1.807, 2.05) is 0 Å². The van der Waals surface area contributed by atoms with Crippen LogP contribution in [0.4, 0.5) is 0 Å². The second kappa shape index (κ2) is 9.68. The fourth-order valence-electron chi connectivity index (χ4n) is 4.81. The Morgan fingerprint density at radius 1 is 0.294 bits per heavy atom. The molecule has 0 amide bonds. The Kier molecular flexibility index (Phi) is 6.47. The van der Waals surface area contributed by atoms with Crippen LogP contribution in [0.3, 0.4) is 0 Å². The van der Waals surface area contributed by atoms with E-state index in [9.17, 15) is 0 Å². The van der Waals surface area contributed by atoms with Gasteiger partial charge in [0.2, 0.25) is 0 Å². The Balaban J connectivity index is 1.74. The molecule has 5 aromatic carbocycles. The second-order valence-electron chi connectivity index (χ2n) is 8.66. The van der Waals surface area contributed by atoms with Gasteiger partial charge in [0.15, 0.2) is 0 Å². The summed E-state index contributed by atoms with van der Waals surface area (Å²) in [6.07, 6.45) is 0. The zero-order chi connectivity index (χ0) is 23.4. The van der Waals surface area contributed by atoms with Crippen LogP contribution in [0.25, 0.3) is 0 Å². The van der Waals surface area contributed by atoms with Gasteiger partial charge in [0.25, 0.3) is 0 Å². The standard InChI is InChI=1S/C32H28P2/c33-31(25-14-5-1-6-15-25,26-16-7-2-8-17-26)29-22-13-23-30(24-29)32(34,27-18-9-3-10-19-27)28-20-11-4-12-21-28/h1-24H,33-34H2. The molecule has 0 N–H and O–H groups in total. The Bertz CT molecular complexity index is 1160. The Labute approximate surface area is 207 Å². The molecule has 0 aromatic heterocycles. The largest absolute Gasteiger partial charge is 0.117 e. The smallest absolute Gasteiger partial charge is 0.0591 e. The van der Waals surface area contributed by atoms with E-state index >= 15 is 0 Å². The summed E-state index contributed by atoms with van der Waals surface area (Å²) in [5.74, 6) is 0. The van der Waals surface area contributed by atoms with Crippen LogP contribution in [0, 0.1) is 0 Å². The van der Waals surface area contributed by atoms with Gasteiger partial charge < -0.3 is 0 Å². The van der Waals surface area contributed by atoms with E-state index in [2.05, 4.69) is 164 Å². The van der Waals surface area contributed by atoms with Crippen molar-refractivity contribution in [1.82, 2.24) is 0 Å². The molecule has 0 saturated carbocycles. The van der Waals surface area contributed by atoms with Crippen LogP contribution in [-0.2, 0) is 10.3 Å². The van der Waals surface area contributed by atoms with Crippen LogP contribution in [-0.4, -0.2) is 0 Å². The summed E-state index contributed by atoms with van der Waals surface area (Å²) < 4.78 is 0. The molecule has 0 fully saturated rings. The summed E-state index contributed by atoms with van der Waals surface area (Å²) in [6, 6.07) is 52.1. The summed E-state index contributed by atoms with van der Waals surface area (Å²) in [5.41, 5.74) is 7.47. The summed E-state index contributed by atoms with van der Waals surface area (Å²) in [4.78, 5) is 0. The summed E-state index contributed by atoms with van der Waals surface area (Å²) >= 11 is 0. The monoisotopic (exact) mass is 474 g/mol. The molecular formula is C32H28P2. The van der Waals surface area contributed by atoms with E-state index in [0.29, 0.717) is 0 Å². The summed E-state index contributed by atoms with van der Waals surface area (Å²) in [7, 11) is 6.35. The molecule has 0 aliphatic heterocycles. The predicted octanol–water partition coefficient (Wildman–Crippen LogP) is 8.02. The van der Waals surface area contributed by atoms with Crippen LogP contribution in [0.2, 0.25) is 0 Å². The van der Waals surface area contributed by atoms with Crippen molar-refractivity contribution < 1.29 is 0 Å². The fraction of sp³-hybridized carbons (Fsp3) is 0.0625. The third kappa shape index (κ3) is 4.03. The first kappa shape index (κ1) is 22.7. The van der Waals surface area contributed by atoms with Gasteiger partial charge in [-0.3, -0.25) is 0 Å². The van der Waals surface area contributed by atoms with Gasteiger partial charge in [0.1, 0.15) is 0 Å². The Hall–Kier alpha value is -3.04. The van der Waals surface area contributed by atoms with Crippen molar-refractivity contribution in [3.05, 3.63) is 179 Å². The topological polar surface area (TPSA) is 0 Å². The average Bonchev–Trinajstić information content (AvgIpc) is 2.94. The molecule has 2 heteroatoms. The van der Waals surface area contributed by atoms with Gasteiger partial charge in [0.05, 0.1) is 10.3 Å². The molecule has 0 aliphatic rings.